The van der Waals surface area contributed by atoms with E-state index in [-0.39, 0.29) is 0 Å². The first-order valence-electron chi connectivity index (χ1n) is 7.75. The van der Waals surface area contributed by atoms with Crippen molar-refractivity contribution in [3.8, 4) is 0 Å². The number of hydrogen-bond donors (Lipinski definition) is 1. The molecule has 1 atom stereocenters. The van der Waals surface area contributed by atoms with E-state index in [0.29, 0.717) is 12.0 Å². The van der Waals surface area contributed by atoms with Crippen LogP contribution in [0.4, 0.5) is 0 Å². The molecular formula is C17H25N3. The van der Waals surface area contributed by atoms with Crippen LogP contribution in [0.1, 0.15) is 51.8 Å². The molecule has 1 heterocycles. The topological polar surface area (TPSA) is 37.8 Å². The molecule has 1 aromatic heterocycles. The van der Waals surface area contributed by atoms with Crippen molar-refractivity contribution in [2.24, 2.45) is 5.92 Å². The van der Waals surface area contributed by atoms with E-state index in [1.807, 2.05) is 30.5 Å². The van der Waals surface area contributed by atoms with E-state index in [1.54, 1.807) is 0 Å². The maximum atomic E-state index is 4.82. The molecule has 1 aromatic carbocycles. The molecule has 0 spiro atoms. The summed E-state index contributed by atoms with van der Waals surface area (Å²) < 4.78 is 0. The van der Waals surface area contributed by atoms with Gasteiger partial charge in [-0.2, -0.15) is 0 Å². The standard InChI is InChI=1S/C17H25N3/c1-4-11-18-17(13(5-2)6-3)16-12-19-14-9-7-8-10-15(14)20-16/h7-10,12-13,17-18H,4-6,11H2,1-3H3. The van der Waals surface area contributed by atoms with Gasteiger partial charge in [0.25, 0.3) is 0 Å². The Morgan fingerprint density at radius 2 is 1.75 bits per heavy atom. The smallest absolute Gasteiger partial charge is 0.0890 e. The highest BCUT2D eigenvalue weighted by Gasteiger charge is 2.21. The van der Waals surface area contributed by atoms with Gasteiger partial charge in [-0.3, -0.25) is 4.98 Å². The summed E-state index contributed by atoms with van der Waals surface area (Å²) in [6, 6.07) is 8.38. The molecule has 1 unspecified atom stereocenters. The number of rotatable bonds is 7. The maximum absolute atomic E-state index is 4.82. The highest BCUT2D eigenvalue weighted by atomic mass is 15.0. The summed E-state index contributed by atoms with van der Waals surface area (Å²) in [7, 11) is 0. The van der Waals surface area contributed by atoms with Gasteiger partial charge in [-0.25, -0.2) is 4.98 Å². The third-order valence-corrected chi connectivity index (χ3v) is 3.92. The fourth-order valence-corrected chi connectivity index (χ4v) is 2.69. The summed E-state index contributed by atoms with van der Waals surface area (Å²) in [6.07, 6.45) is 5.39. The monoisotopic (exact) mass is 271 g/mol. The van der Waals surface area contributed by atoms with E-state index < -0.39 is 0 Å². The second kappa shape index (κ2) is 7.34. The van der Waals surface area contributed by atoms with E-state index in [1.165, 1.54) is 0 Å². The van der Waals surface area contributed by atoms with E-state index in [4.69, 9.17) is 4.98 Å². The fourth-order valence-electron chi connectivity index (χ4n) is 2.69. The van der Waals surface area contributed by atoms with E-state index in [2.05, 4.69) is 31.1 Å². The zero-order valence-electron chi connectivity index (χ0n) is 12.8. The van der Waals surface area contributed by atoms with Crippen molar-refractivity contribution in [2.75, 3.05) is 6.54 Å². The van der Waals surface area contributed by atoms with Crippen molar-refractivity contribution in [1.29, 1.82) is 0 Å². The van der Waals surface area contributed by atoms with Crippen molar-refractivity contribution < 1.29 is 0 Å². The third-order valence-electron chi connectivity index (χ3n) is 3.92. The summed E-state index contributed by atoms with van der Waals surface area (Å²) in [5.41, 5.74) is 3.03. The van der Waals surface area contributed by atoms with Crippen molar-refractivity contribution >= 4 is 11.0 Å². The summed E-state index contributed by atoms with van der Waals surface area (Å²) >= 11 is 0. The lowest BCUT2D eigenvalue weighted by molar-refractivity contribution is 0.335. The first-order valence-corrected chi connectivity index (χ1v) is 7.75. The van der Waals surface area contributed by atoms with Gasteiger partial charge < -0.3 is 5.32 Å². The van der Waals surface area contributed by atoms with Crippen molar-refractivity contribution in [2.45, 2.75) is 46.1 Å². The number of nitrogens with one attached hydrogen (secondary N) is 1. The molecule has 1 N–H and O–H groups in total. The Hall–Kier alpha value is -1.48. The van der Waals surface area contributed by atoms with Crippen LogP contribution in [-0.4, -0.2) is 16.5 Å². The van der Waals surface area contributed by atoms with Crippen LogP contribution in [0.25, 0.3) is 11.0 Å². The van der Waals surface area contributed by atoms with Crippen LogP contribution in [0.5, 0.6) is 0 Å². The lowest BCUT2D eigenvalue weighted by atomic mass is 9.92. The average molecular weight is 271 g/mol. The predicted octanol–water partition coefficient (Wildman–Crippen LogP) is 4.11. The Morgan fingerprint density at radius 1 is 1.05 bits per heavy atom. The second-order valence-electron chi connectivity index (χ2n) is 5.29. The van der Waals surface area contributed by atoms with Crippen molar-refractivity contribution in [3.63, 3.8) is 0 Å². The molecule has 2 aromatic rings. The van der Waals surface area contributed by atoms with Crippen LogP contribution in [-0.2, 0) is 0 Å². The molecule has 108 valence electrons. The molecule has 0 fully saturated rings. The summed E-state index contributed by atoms with van der Waals surface area (Å²) in [6.45, 7) is 7.73. The van der Waals surface area contributed by atoms with Crippen LogP contribution in [0.3, 0.4) is 0 Å². The number of benzene rings is 1. The van der Waals surface area contributed by atoms with Gasteiger partial charge in [0.1, 0.15) is 0 Å². The van der Waals surface area contributed by atoms with Gasteiger partial charge in [0.2, 0.25) is 0 Å². The normalized spacial score (nSPS) is 13.0. The minimum Gasteiger partial charge on any atom is -0.308 e. The molecule has 3 nitrogen and oxygen atoms in total. The Balaban J connectivity index is 2.33. The van der Waals surface area contributed by atoms with E-state index >= 15 is 0 Å². The molecule has 0 aliphatic carbocycles. The number of para-hydroxylation sites is 2. The molecule has 0 bridgehead atoms. The maximum Gasteiger partial charge on any atom is 0.0890 e. The molecule has 20 heavy (non-hydrogen) atoms. The molecule has 0 amide bonds. The summed E-state index contributed by atoms with van der Waals surface area (Å²) in [5, 5.41) is 3.65. The quantitative estimate of drug-likeness (QED) is 0.823. The Labute approximate surface area is 121 Å². The number of nitrogens with zero attached hydrogens (tertiary/aromatic N) is 2. The highest BCUT2D eigenvalue weighted by molar-refractivity contribution is 5.73. The zero-order valence-corrected chi connectivity index (χ0v) is 12.8. The van der Waals surface area contributed by atoms with Gasteiger partial charge in [-0.1, -0.05) is 45.7 Å². The van der Waals surface area contributed by atoms with Crippen LogP contribution < -0.4 is 5.32 Å². The van der Waals surface area contributed by atoms with Gasteiger partial charge in [0, 0.05) is 0 Å². The largest absolute Gasteiger partial charge is 0.308 e. The fraction of sp³-hybridized carbons (Fsp3) is 0.529. The minimum absolute atomic E-state index is 0.307. The molecular weight excluding hydrogens is 246 g/mol. The molecule has 0 aliphatic rings. The number of hydrogen-bond acceptors (Lipinski definition) is 3. The van der Waals surface area contributed by atoms with E-state index in [0.717, 1.165) is 42.5 Å². The second-order valence-corrected chi connectivity index (χ2v) is 5.29. The number of aromatic nitrogens is 2. The Morgan fingerprint density at radius 3 is 2.40 bits per heavy atom. The third kappa shape index (κ3) is 3.34. The molecule has 2 rings (SSSR count). The first-order chi connectivity index (χ1) is 9.80. The summed E-state index contributed by atoms with van der Waals surface area (Å²) in [4.78, 5) is 9.38. The van der Waals surface area contributed by atoms with Crippen LogP contribution in [0.15, 0.2) is 30.5 Å². The SMILES string of the molecule is CCCNC(c1cnc2ccccc2n1)C(CC)CC. The molecule has 0 saturated carbocycles. The van der Waals surface area contributed by atoms with Crippen molar-refractivity contribution in [1.82, 2.24) is 15.3 Å². The molecule has 0 saturated heterocycles. The predicted molar refractivity (Wildman–Crippen MR) is 84.6 cm³/mol. The summed E-state index contributed by atoms with van der Waals surface area (Å²) in [5.74, 6) is 0.608. The Bertz CT molecular complexity index is 535. The van der Waals surface area contributed by atoms with Gasteiger partial charge in [0.05, 0.1) is 29.0 Å². The van der Waals surface area contributed by atoms with Gasteiger partial charge in [-0.15, -0.1) is 0 Å². The molecule has 0 aliphatic heterocycles. The molecule has 3 heteroatoms. The lowest BCUT2D eigenvalue weighted by Gasteiger charge is -2.26. The average Bonchev–Trinajstić information content (AvgIpc) is 2.51. The highest BCUT2D eigenvalue weighted by Crippen LogP contribution is 2.26. The Kier molecular flexibility index (Phi) is 5.48. The lowest BCUT2D eigenvalue weighted by Crippen LogP contribution is -2.29. The van der Waals surface area contributed by atoms with Crippen LogP contribution in [0.2, 0.25) is 0 Å². The van der Waals surface area contributed by atoms with Crippen LogP contribution >= 0.6 is 0 Å². The molecule has 0 radical (unpaired) electrons. The van der Waals surface area contributed by atoms with E-state index in [9.17, 15) is 0 Å². The zero-order chi connectivity index (χ0) is 14.4. The van der Waals surface area contributed by atoms with Gasteiger partial charge in [-0.05, 0) is 31.0 Å². The minimum atomic E-state index is 0.307. The van der Waals surface area contributed by atoms with Crippen LogP contribution in [0, 0.1) is 5.92 Å². The van der Waals surface area contributed by atoms with Gasteiger partial charge >= 0.3 is 0 Å². The number of fused-ring (bicyclic) bond motifs is 1. The van der Waals surface area contributed by atoms with Gasteiger partial charge in [0.15, 0.2) is 0 Å². The first kappa shape index (κ1) is 14.9. The van der Waals surface area contributed by atoms with Crippen molar-refractivity contribution in [3.05, 3.63) is 36.2 Å².